The quantitative estimate of drug-likeness (QED) is 0.547. The number of carboxylic acid groups (broad SMARTS) is 1. The Morgan fingerprint density at radius 2 is 1.66 bits per heavy atom. The van der Waals surface area contributed by atoms with E-state index < -0.39 is 12.1 Å². The van der Waals surface area contributed by atoms with E-state index in [0.29, 0.717) is 19.0 Å². The van der Waals surface area contributed by atoms with Gasteiger partial charge in [-0.05, 0) is 35.8 Å². The van der Waals surface area contributed by atoms with Gasteiger partial charge in [0, 0.05) is 25.2 Å². The number of nitrogens with zero attached hydrogens (tertiary/aromatic N) is 1. The molecule has 1 aliphatic carbocycles. The van der Waals surface area contributed by atoms with E-state index in [9.17, 15) is 22.8 Å². The number of carbonyl (C=O) groups excluding carboxylic acids is 2. The zero-order valence-electron chi connectivity index (χ0n) is 17.9. The summed E-state index contributed by atoms with van der Waals surface area (Å²) in [4.78, 5) is 34.9. The molecule has 1 heterocycles. The Morgan fingerprint density at radius 3 is 2.03 bits per heavy atom. The Hall–Kier alpha value is -2.88. The number of aliphatic carboxylic acids is 1. The van der Waals surface area contributed by atoms with Crippen molar-refractivity contribution < 1.29 is 32.7 Å². The first kappa shape index (κ1) is 25.4. The third-order valence-corrected chi connectivity index (χ3v) is 5.32. The SMILES string of the molecule is CC(C)[C@H](N[C@H](/C=C/C(=O)N1Cc2ccccc2C1)C1CC1)C(N)=O.O=C(O)C(F)(F)F. The van der Waals surface area contributed by atoms with Crippen molar-refractivity contribution in [2.45, 2.75) is 58.0 Å². The van der Waals surface area contributed by atoms with Crippen LogP contribution < -0.4 is 11.1 Å². The minimum absolute atomic E-state index is 0.0174. The summed E-state index contributed by atoms with van der Waals surface area (Å²) < 4.78 is 31.7. The fourth-order valence-electron chi connectivity index (χ4n) is 3.39. The van der Waals surface area contributed by atoms with Gasteiger partial charge in [0.25, 0.3) is 0 Å². The number of rotatable bonds is 7. The average Bonchev–Trinajstić information content (AvgIpc) is 3.44. The summed E-state index contributed by atoms with van der Waals surface area (Å²) in [7, 11) is 0. The van der Waals surface area contributed by atoms with E-state index in [2.05, 4.69) is 17.4 Å². The number of hydrogen-bond donors (Lipinski definition) is 3. The van der Waals surface area contributed by atoms with Crippen molar-refractivity contribution in [1.29, 1.82) is 0 Å². The van der Waals surface area contributed by atoms with E-state index in [0.717, 1.165) is 12.8 Å². The van der Waals surface area contributed by atoms with Crippen LogP contribution in [0.2, 0.25) is 0 Å². The molecule has 0 radical (unpaired) electrons. The van der Waals surface area contributed by atoms with Crippen LogP contribution in [0.4, 0.5) is 13.2 Å². The highest BCUT2D eigenvalue weighted by atomic mass is 19.4. The van der Waals surface area contributed by atoms with Crippen molar-refractivity contribution in [3.8, 4) is 0 Å². The lowest BCUT2D eigenvalue weighted by atomic mass is 10.0. The number of halogens is 3. The summed E-state index contributed by atoms with van der Waals surface area (Å²) in [5, 5.41) is 10.5. The second kappa shape index (κ2) is 10.6. The number of carbonyl (C=O) groups is 3. The van der Waals surface area contributed by atoms with Gasteiger partial charge in [-0.1, -0.05) is 44.2 Å². The van der Waals surface area contributed by atoms with E-state index in [1.54, 1.807) is 6.08 Å². The van der Waals surface area contributed by atoms with Gasteiger partial charge >= 0.3 is 12.1 Å². The number of nitrogens with one attached hydrogen (secondary N) is 1. The highest BCUT2D eigenvalue weighted by Crippen LogP contribution is 2.34. The smallest absolute Gasteiger partial charge is 0.475 e. The predicted molar refractivity (Wildman–Crippen MR) is 111 cm³/mol. The van der Waals surface area contributed by atoms with Gasteiger partial charge in [0.15, 0.2) is 0 Å². The van der Waals surface area contributed by atoms with Gasteiger partial charge in [-0.25, -0.2) is 4.79 Å². The first-order valence-electron chi connectivity index (χ1n) is 10.3. The van der Waals surface area contributed by atoms with Crippen LogP contribution in [-0.4, -0.2) is 46.1 Å². The molecule has 2 amide bonds. The second-order valence-corrected chi connectivity index (χ2v) is 8.28. The van der Waals surface area contributed by atoms with E-state index in [1.165, 1.54) is 11.1 Å². The molecule has 2 atom stereocenters. The van der Waals surface area contributed by atoms with E-state index in [4.69, 9.17) is 15.6 Å². The monoisotopic (exact) mass is 455 g/mol. The molecule has 0 bridgehead atoms. The number of benzene rings is 1. The number of primary amides is 1. The largest absolute Gasteiger partial charge is 0.490 e. The summed E-state index contributed by atoms with van der Waals surface area (Å²) >= 11 is 0. The van der Waals surface area contributed by atoms with Crippen LogP contribution in [0.25, 0.3) is 0 Å². The van der Waals surface area contributed by atoms with Crippen LogP contribution in [0, 0.1) is 11.8 Å². The molecular formula is C22H28F3N3O4. The van der Waals surface area contributed by atoms with Gasteiger partial charge in [-0.2, -0.15) is 13.2 Å². The molecule has 2 aliphatic rings. The minimum Gasteiger partial charge on any atom is -0.475 e. The maximum absolute atomic E-state index is 12.5. The first-order chi connectivity index (χ1) is 14.9. The zero-order valence-corrected chi connectivity index (χ0v) is 17.9. The van der Waals surface area contributed by atoms with Crippen LogP contribution in [0.1, 0.15) is 37.8 Å². The van der Waals surface area contributed by atoms with E-state index in [1.807, 2.05) is 37.0 Å². The highest BCUT2D eigenvalue weighted by Gasteiger charge is 2.38. The summed E-state index contributed by atoms with van der Waals surface area (Å²) in [6.45, 7) is 5.28. The van der Waals surface area contributed by atoms with Crippen molar-refractivity contribution in [2.75, 3.05) is 0 Å². The molecule has 1 aromatic carbocycles. The maximum atomic E-state index is 12.5. The Labute approximate surface area is 184 Å². The lowest BCUT2D eigenvalue weighted by molar-refractivity contribution is -0.192. The van der Waals surface area contributed by atoms with E-state index >= 15 is 0 Å². The lowest BCUT2D eigenvalue weighted by Crippen LogP contribution is -2.49. The predicted octanol–water partition coefficient (Wildman–Crippen LogP) is 2.60. The second-order valence-electron chi connectivity index (χ2n) is 8.28. The average molecular weight is 455 g/mol. The summed E-state index contributed by atoms with van der Waals surface area (Å²) in [5.74, 6) is -2.47. The Balaban J connectivity index is 0.000000451. The number of carboxylic acids is 1. The molecule has 176 valence electrons. The van der Waals surface area contributed by atoms with Crippen LogP contribution in [0.5, 0.6) is 0 Å². The molecule has 0 aromatic heterocycles. The number of nitrogens with two attached hydrogens (primary N) is 1. The third kappa shape index (κ3) is 7.37. The molecule has 3 rings (SSSR count). The van der Waals surface area contributed by atoms with Crippen LogP contribution >= 0.6 is 0 Å². The lowest BCUT2D eigenvalue weighted by Gasteiger charge is -2.24. The van der Waals surface area contributed by atoms with Gasteiger partial charge in [0.05, 0.1) is 6.04 Å². The molecule has 4 N–H and O–H groups in total. The van der Waals surface area contributed by atoms with Gasteiger partial charge in [-0.3, -0.25) is 14.9 Å². The molecule has 0 spiro atoms. The molecule has 1 aromatic rings. The van der Waals surface area contributed by atoms with Crippen LogP contribution in [0.15, 0.2) is 36.4 Å². The topological polar surface area (TPSA) is 113 Å². The molecule has 1 aliphatic heterocycles. The van der Waals surface area contributed by atoms with Crippen molar-refractivity contribution in [2.24, 2.45) is 17.6 Å². The fourth-order valence-corrected chi connectivity index (χ4v) is 3.39. The fraction of sp³-hybridized carbons (Fsp3) is 0.500. The summed E-state index contributed by atoms with van der Waals surface area (Å²) in [5.41, 5.74) is 7.94. The number of alkyl halides is 3. The standard InChI is InChI=1S/C20H27N3O2.C2HF3O2/c1-13(2)19(20(21)25)22-17(14-7-8-14)9-10-18(24)23-11-15-5-3-4-6-16(15)12-23;3-2(4,5)1(6)7/h3-6,9-10,13-14,17,19,22H,7-8,11-12H2,1-2H3,(H2,21,25);(H,6,7)/b10-9+;/t17-,19+;/m1./s1. The number of amides is 2. The number of fused-ring (bicyclic) bond motifs is 1. The summed E-state index contributed by atoms with van der Waals surface area (Å²) in [6, 6.07) is 7.80. The molecule has 10 heteroatoms. The van der Waals surface area contributed by atoms with Gasteiger partial charge in [0.1, 0.15) is 0 Å². The van der Waals surface area contributed by atoms with Crippen LogP contribution in [0.3, 0.4) is 0 Å². The molecule has 1 fully saturated rings. The Morgan fingerprint density at radius 1 is 1.16 bits per heavy atom. The number of hydrogen-bond acceptors (Lipinski definition) is 4. The molecule has 7 nitrogen and oxygen atoms in total. The van der Waals surface area contributed by atoms with E-state index in [-0.39, 0.29) is 29.8 Å². The van der Waals surface area contributed by atoms with Gasteiger partial charge < -0.3 is 15.7 Å². The van der Waals surface area contributed by atoms with Gasteiger partial charge in [0.2, 0.25) is 11.8 Å². The minimum atomic E-state index is -5.08. The summed E-state index contributed by atoms with van der Waals surface area (Å²) in [6.07, 6.45) is 0.728. The Bertz CT molecular complexity index is 841. The molecule has 0 saturated heterocycles. The highest BCUT2D eigenvalue weighted by molar-refractivity contribution is 5.88. The molecule has 32 heavy (non-hydrogen) atoms. The van der Waals surface area contributed by atoms with Crippen molar-refractivity contribution >= 4 is 17.8 Å². The maximum Gasteiger partial charge on any atom is 0.490 e. The van der Waals surface area contributed by atoms with Crippen LogP contribution in [-0.2, 0) is 27.5 Å². The Kier molecular flexibility index (Phi) is 8.43. The first-order valence-corrected chi connectivity index (χ1v) is 10.3. The molecule has 0 unspecified atom stereocenters. The van der Waals surface area contributed by atoms with Crippen molar-refractivity contribution in [3.63, 3.8) is 0 Å². The zero-order chi connectivity index (χ0) is 24.1. The normalized spacial score (nSPS) is 17.5. The molecule has 1 saturated carbocycles. The third-order valence-electron chi connectivity index (χ3n) is 5.32. The van der Waals surface area contributed by atoms with Gasteiger partial charge in [-0.15, -0.1) is 0 Å². The molecular weight excluding hydrogens is 427 g/mol. The van der Waals surface area contributed by atoms with Crippen molar-refractivity contribution in [3.05, 3.63) is 47.5 Å². The van der Waals surface area contributed by atoms with Crippen molar-refractivity contribution in [1.82, 2.24) is 10.2 Å².